The van der Waals surface area contributed by atoms with Crippen LogP contribution in [0.25, 0.3) is 0 Å². The van der Waals surface area contributed by atoms with E-state index in [2.05, 4.69) is 61.1 Å². The van der Waals surface area contributed by atoms with E-state index in [0.717, 1.165) is 9.47 Å². The quantitative estimate of drug-likeness (QED) is 0.705. The molecule has 0 aliphatic rings. The molecule has 0 unspecified atom stereocenters. The molecule has 112 valence electrons. The molecule has 0 atom stereocenters. The number of hydrogen-bond donors (Lipinski definition) is 1. The highest BCUT2D eigenvalue weighted by Crippen LogP contribution is 2.29. The van der Waals surface area contributed by atoms with E-state index in [1.165, 1.54) is 22.5 Å². The van der Waals surface area contributed by atoms with Gasteiger partial charge in [0, 0.05) is 5.69 Å². The molecule has 1 aromatic heterocycles. The van der Waals surface area contributed by atoms with Gasteiger partial charge >= 0.3 is 0 Å². The summed E-state index contributed by atoms with van der Waals surface area (Å²) in [5.41, 5.74) is 3.39. The lowest BCUT2D eigenvalue weighted by molar-refractivity contribution is 0.103. The predicted molar refractivity (Wildman–Crippen MR) is 94.6 cm³/mol. The highest BCUT2D eigenvalue weighted by Gasteiger charge is 2.14. The van der Waals surface area contributed by atoms with Crippen LogP contribution in [0.3, 0.4) is 0 Å². The minimum absolute atomic E-state index is 0.0510. The van der Waals surface area contributed by atoms with Crippen LogP contribution in [0.4, 0.5) is 5.69 Å². The number of hydrogen-bond acceptors (Lipinski definition) is 2. The van der Waals surface area contributed by atoms with Crippen molar-refractivity contribution in [3.05, 3.63) is 50.1 Å². The maximum atomic E-state index is 12.3. The van der Waals surface area contributed by atoms with Crippen molar-refractivity contribution in [1.29, 1.82) is 0 Å². The molecule has 1 aromatic carbocycles. The van der Waals surface area contributed by atoms with Gasteiger partial charge in [-0.05, 0) is 57.1 Å². The number of halogens is 1. The van der Waals surface area contributed by atoms with Crippen molar-refractivity contribution >= 4 is 38.9 Å². The zero-order valence-electron chi connectivity index (χ0n) is 12.7. The molecule has 0 aliphatic carbocycles. The number of amides is 1. The largest absolute Gasteiger partial charge is 0.321 e. The fourth-order valence-electron chi connectivity index (χ4n) is 2.15. The van der Waals surface area contributed by atoms with E-state index >= 15 is 0 Å². The van der Waals surface area contributed by atoms with Gasteiger partial charge in [0.1, 0.15) is 0 Å². The van der Waals surface area contributed by atoms with Gasteiger partial charge in [-0.3, -0.25) is 4.79 Å². The van der Waals surface area contributed by atoms with Crippen LogP contribution in [0.1, 0.15) is 60.3 Å². The molecule has 2 nitrogen and oxygen atoms in total. The van der Waals surface area contributed by atoms with E-state index < -0.39 is 0 Å². The van der Waals surface area contributed by atoms with E-state index in [0.29, 0.717) is 16.7 Å². The smallest absolute Gasteiger partial charge is 0.265 e. The fraction of sp³-hybridized carbons (Fsp3) is 0.353. The SMILES string of the molecule is CC(C)c1ccc(NC(=O)c2ccc(Br)s2)c(C(C)C)c1. The molecular weight excluding hydrogens is 346 g/mol. The van der Waals surface area contributed by atoms with E-state index in [4.69, 9.17) is 0 Å². The topological polar surface area (TPSA) is 29.1 Å². The second-order valence-electron chi connectivity index (χ2n) is 5.71. The highest BCUT2D eigenvalue weighted by atomic mass is 79.9. The average molecular weight is 366 g/mol. The molecule has 0 saturated carbocycles. The Morgan fingerprint density at radius 1 is 1.10 bits per heavy atom. The van der Waals surface area contributed by atoms with Gasteiger partial charge in [-0.1, -0.05) is 39.8 Å². The molecule has 0 saturated heterocycles. The third-order valence-electron chi connectivity index (χ3n) is 3.41. The second kappa shape index (κ2) is 6.75. The number of thiophene rings is 1. The zero-order valence-corrected chi connectivity index (χ0v) is 15.1. The van der Waals surface area contributed by atoms with Gasteiger partial charge in [0.2, 0.25) is 0 Å². The first-order valence-electron chi connectivity index (χ1n) is 7.09. The van der Waals surface area contributed by atoms with Crippen molar-refractivity contribution in [3.8, 4) is 0 Å². The Bertz CT molecular complexity index is 646. The molecule has 0 spiro atoms. The lowest BCUT2D eigenvalue weighted by atomic mass is 9.94. The first-order chi connectivity index (χ1) is 9.88. The summed E-state index contributed by atoms with van der Waals surface area (Å²) >= 11 is 4.83. The van der Waals surface area contributed by atoms with Crippen molar-refractivity contribution < 1.29 is 4.79 Å². The number of carbonyl (C=O) groups is 1. The van der Waals surface area contributed by atoms with E-state index in [1.807, 2.05) is 18.2 Å². The summed E-state index contributed by atoms with van der Waals surface area (Å²) in [6.45, 7) is 8.66. The fourth-order valence-corrected chi connectivity index (χ4v) is 3.43. The van der Waals surface area contributed by atoms with Crippen molar-refractivity contribution in [2.75, 3.05) is 5.32 Å². The van der Waals surface area contributed by atoms with E-state index in [-0.39, 0.29) is 5.91 Å². The lowest BCUT2D eigenvalue weighted by Crippen LogP contribution is -2.12. The molecule has 0 bridgehead atoms. The first kappa shape index (κ1) is 16.2. The normalized spacial score (nSPS) is 11.2. The van der Waals surface area contributed by atoms with Gasteiger partial charge in [0.15, 0.2) is 0 Å². The molecule has 1 N–H and O–H groups in total. The Morgan fingerprint density at radius 2 is 1.81 bits per heavy atom. The molecular formula is C17H20BrNOS. The van der Waals surface area contributed by atoms with Crippen molar-refractivity contribution in [2.45, 2.75) is 39.5 Å². The van der Waals surface area contributed by atoms with Crippen LogP contribution < -0.4 is 5.32 Å². The summed E-state index contributed by atoms with van der Waals surface area (Å²) in [5.74, 6) is 0.805. The Balaban J connectivity index is 2.29. The summed E-state index contributed by atoms with van der Waals surface area (Å²) in [5, 5.41) is 3.04. The Labute approximate surface area is 138 Å². The third kappa shape index (κ3) is 3.95. The number of anilines is 1. The van der Waals surface area contributed by atoms with E-state index in [1.54, 1.807) is 0 Å². The maximum absolute atomic E-state index is 12.3. The molecule has 21 heavy (non-hydrogen) atoms. The van der Waals surface area contributed by atoms with Crippen molar-refractivity contribution in [3.63, 3.8) is 0 Å². The minimum atomic E-state index is -0.0510. The Hall–Kier alpha value is -1.13. The number of benzene rings is 1. The van der Waals surface area contributed by atoms with Crippen LogP contribution in [-0.2, 0) is 0 Å². The summed E-state index contributed by atoms with van der Waals surface area (Å²) in [4.78, 5) is 13.0. The number of rotatable bonds is 4. The molecule has 0 aliphatic heterocycles. The van der Waals surface area contributed by atoms with Gasteiger partial charge in [0.25, 0.3) is 5.91 Å². The van der Waals surface area contributed by atoms with Crippen LogP contribution in [-0.4, -0.2) is 5.91 Å². The standard InChI is InChI=1S/C17H20BrNOS/c1-10(2)12-5-6-14(13(9-12)11(3)4)19-17(20)15-7-8-16(18)21-15/h5-11H,1-4H3,(H,19,20). The lowest BCUT2D eigenvalue weighted by Gasteiger charge is -2.16. The van der Waals surface area contributed by atoms with Crippen LogP contribution in [0.2, 0.25) is 0 Å². The van der Waals surface area contributed by atoms with Crippen LogP contribution in [0.15, 0.2) is 34.1 Å². The maximum Gasteiger partial charge on any atom is 0.265 e. The number of carbonyl (C=O) groups excluding carboxylic acids is 1. The Kier molecular flexibility index (Phi) is 5.22. The third-order valence-corrected chi connectivity index (χ3v) is 5.03. The Morgan fingerprint density at radius 3 is 2.33 bits per heavy atom. The molecule has 0 fully saturated rings. The van der Waals surface area contributed by atoms with E-state index in [9.17, 15) is 4.79 Å². The number of nitrogens with one attached hydrogen (secondary N) is 1. The molecule has 1 heterocycles. The van der Waals surface area contributed by atoms with Gasteiger partial charge in [-0.25, -0.2) is 0 Å². The van der Waals surface area contributed by atoms with Gasteiger partial charge in [0.05, 0.1) is 8.66 Å². The summed E-state index contributed by atoms with van der Waals surface area (Å²) in [6, 6.07) is 10.0. The zero-order chi connectivity index (χ0) is 15.6. The van der Waals surface area contributed by atoms with Crippen LogP contribution >= 0.6 is 27.3 Å². The second-order valence-corrected chi connectivity index (χ2v) is 8.18. The van der Waals surface area contributed by atoms with Gasteiger partial charge in [-0.15, -0.1) is 11.3 Å². The van der Waals surface area contributed by atoms with Crippen molar-refractivity contribution in [1.82, 2.24) is 0 Å². The average Bonchev–Trinajstić information content (AvgIpc) is 2.85. The van der Waals surface area contributed by atoms with Gasteiger partial charge in [-0.2, -0.15) is 0 Å². The van der Waals surface area contributed by atoms with Crippen molar-refractivity contribution in [2.24, 2.45) is 0 Å². The van der Waals surface area contributed by atoms with Crippen LogP contribution in [0.5, 0.6) is 0 Å². The molecule has 0 radical (unpaired) electrons. The molecule has 4 heteroatoms. The molecule has 2 aromatic rings. The summed E-state index contributed by atoms with van der Waals surface area (Å²) < 4.78 is 0.965. The monoisotopic (exact) mass is 365 g/mol. The van der Waals surface area contributed by atoms with Crippen LogP contribution in [0, 0.1) is 0 Å². The molecule has 2 rings (SSSR count). The summed E-state index contributed by atoms with van der Waals surface area (Å²) in [7, 11) is 0. The molecule has 1 amide bonds. The highest BCUT2D eigenvalue weighted by molar-refractivity contribution is 9.11. The first-order valence-corrected chi connectivity index (χ1v) is 8.70. The van der Waals surface area contributed by atoms with Gasteiger partial charge < -0.3 is 5.32 Å². The minimum Gasteiger partial charge on any atom is -0.321 e. The predicted octanol–water partition coefficient (Wildman–Crippen LogP) is 6.01. The summed E-state index contributed by atoms with van der Waals surface area (Å²) in [6.07, 6.45) is 0.